The number of nitro groups is 1. The lowest BCUT2D eigenvalue weighted by atomic mass is 10.1. The third-order valence-electron chi connectivity index (χ3n) is 2.78. The topological polar surface area (TPSA) is 103 Å². The number of nitro benzene ring substituents is 1. The van der Waals surface area contributed by atoms with E-state index >= 15 is 0 Å². The van der Waals surface area contributed by atoms with Crippen LogP contribution in [0.1, 0.15) is 12.7 Å². The van der Waals surface area contributed by atoms with E-state index in [-0.39, 0.29) is 17.3 Å². The lowest BCUT2D eigenvalue weighted by Gasteiger charge is -2.07. The van der Waals surface area contributed by atoms with Crippen LogP contribution in [-0.4, -0.2) is 35.3 Å². The van der Waals surface area contributed by atoms with Gasteiger partial charge in [0.25, 0.3) is 5.89 Å². The van der Waals surface area contributed by atoms with Crippen LogP contribution in [0, 0.1) is 10.1 Å². The summed E-state index contributed by atoms with van der Waals surface area (Å²) in [7, 11) is 1.83. The molecule has 0 radical (unpaired) electrons. The van der Waals surface area contributed by atoms with Crippen molar-refractivity contribution in [3.8, 4) is 17.2 Å². The SMILES string of the molecule is CCOc1c(-c2nc(CCNC)no2)cccc1[N+](=O)[O-]. The van der Waals surface area contributed by atoms with Gasteiger partial charge in [-0.25, -0.2) is 0 Å². The van der Waals surface area contributed by atoms with Crippen molar-refractivity contribution in [1.29, 1.82) is 0 Å². The Hall–Kier alpha value is -2.48. The van der Waals surface area contributed by atoms with Crippen LogP contribution in [0.2, 0.25) is 0 Å². The molecule has 1 heterocycles. The van der Waals surface area contributed by atoms with E-state index < -0.39 is 4.92 Å². The molecule has 0 atom stereocenters. The van der Waals surface area contributed by atoms with E-state index in [9.17, 15) is 10.1 Å². The number of para-hydroxylation sites is 1. The average molecular weight is 292 g/mol. The molecule has 8 heteroatoms. The number of nitrogens with zero attached hydrogens (tertiary/aromatic N) is 3. The molecule has 2 rings (SSSR count). The fourth-order valence-electron chi connectivity index (χ4n) is 1.83. The minimum atomic E-state index is -0.493. The quantitative estimate of drug-likeness (QED) is 0.613. The van der Waals surface area contributed by atoms with E-state index in [0.29, 0.717) is 31.0 Å². The fourth-order valence-corrected chi connectivity index (χ4v) is 1.83. The Kier molecular flexibility index (Phi) is 4.83. The van der Waals surface area contributed by atoms with Crippen LogP contribution in [0.15, 0.2) is 22.7 Å². The lowest BCUT2D eigenvalue weighted by molar-refractivity contribution is -0.385. The normalized spacial score (nSPS) is 10.6. The maximum absolute atomic E-state index is 11.1. The van der Waals surface area contributed by atoms with Gasteiger partial charge in [-0.05, 0) is 20.0 Å². The van der Waals surface area contributed by atoms with Crippen molar-refractivity contribution < 1.29 is 14.2 Å². The Balaban J connectivity index is 2.40. The first-order valence-electron chi connectivity index (χ1n) is 6.55. The summed E-state index contributed by atoms with van der Waals surface area (Å²) in [5.41, 5.74) is 0.304. The fraction of sp³-hybridized carbons (Fsp3) is 0.385. The molecule has 21 heavy (non-hydrogen) atoms. The molecule has 0 amide bonds. The van der Waals surface area contributed by atoms with Crippen molar-refractivity contribution >= 4 is 5.69 Å². The maximum atomic E-state index is 11.1. The summed E-state index contributed by atoms with van der Waals surface area (Å²) in [5, 5.41) is 17.9. The Morgan fingerprint density at radius 3 is 2.95 bits per heavy atom. The van der Waals surface area contributed by atoms with Gasteiger partial charge >= 0.3 is 5.69 Å². The number of likely N-dealkylation sites (N-methyl/N-ethyl adjacent to an activating group) is 1. The summed E-state index contributed by atoms with van der Waals surface area (Å²) in [4.78, 5) is 14.8. The molecule has 0 fully saturated rings. The van der Waals surface area contributed by atoms with Crippen molar-refractivity contribution in [3.05, 3.63) is 34.1 Å². The molecule has 1 aromatic heterocycles. The number of ether oxygens (including phenoxy) is 1. The highest BCUT2D eigenvalue weighted by Gasteiger charge is 2.23. The zero-order valence-corrected chi connectivity index (χ0v) is 11.8. The van der Waals surface area contributed by atoms with E-state index in [1.807, 2.05) is 7.05 Å². The molecule has 0 spiro atoms. The van der Waals surface area contributed by atoms with Crippen molar-refractivity contribution in [2.24, 2.45) is 0 Å². The third-order valence-corrected chi connectivity index (χ3v) is 2.78. The molecular formula is C13H16N4O4. The zero-order valence-electron chi connectivity index (χ0n) is 11.8. The maximum Gasteiger partial charge on any atom is 0.311 e. The monoisotopic (exact) mass is 292 g/mol. The van der Waals surface area contributed by atoms with E-state index in [1.165, 1.54) is 6.07 Å². The predicted molar refractivity (Wildman–Crippen MR) is 75.2 cm³/mol. The number of aromatic nitrogens is 2. The minimum Gasteiger partial charge on any atom is -0.487 e. The second kappa shape index (κ2) is 6.80. The summed E-state index contributed by atoms with van der Waals surface area (Å²) in [6.45, 7) is 2.78. The second-order valence-electron chi connectivity index (χ2n) is 4.21. The van der Waals surface area contributed by atoms with E-state index in [0.717, 1.165) is 0 Å². The van der Waals surface area contributed by atoms with Gasteiger partial charge in [0, 0.05) is 19.0 Å². The molecule has 1 N–H and O–H groups in total. The summed E-state index contributed by atoms with van der Waals surface area (Å²) in [5.74, 6) is 0.898. The van der Waals surface area contributed by atoms with Gasteiger partial charge < -0.3 is 14.6 Å². The van der Waals surface area contributed by atoms with Crippen molar-refractivity contribution in [1.82, 2.24) is 15.5 Å². The summed E-state index contributed by atoms with van der Waals surface area (Å²) < 4.78 is 10.6. The van der Waals surface area contributed by atoms with Gasteiger partial charge in [0.2, 0.25) is 5.75 Å². The summed E-state index contributed by atoms with van der Waals surface area (Å²) in [6, 6.07) is 4.60. The van der Waals surface area contributed by atoms with Crippen molar-refractivity contribution in [2.75, 3.05) is 20.2 Å². The largest absolute Gasteiger partial charge is 0.487 e. The van der Waals surface area contributed by atoms with Gasteiger partial charge in [0.05, 0.1) is 17.1 Å². The highest BCUT2D eigenvalue weighted by atomic mass is 16.6. The number of rotatable bonds is 7. The standard InChI is InChI=1S/C13H16N4O4/c1-3-20-12-9(5-4-6-10(12)17(18)19)13-15-11(16-21-13)7-8-14-2/h4-6,14H,3,7-8H2,1-2H3. The van der Waals surface area contributed by atoms with Gasteiger partial charge in [-0.1, -0.05) is 11.2 Å². The first kappa shape index (κ1) is 14.9. The van der Waals surface area contributed by atoms with E-state index in [1.54, 1.807) is 19.1 Å². The summed E-state index contributed by atoms with van der Waals surface area (Å²) in [6.07, 6.45) is 0.610. The van der Waals surface area contributed by atoms with Crippen molar-refractivity contribution in [2.45, 2.75) is 13.3 Å². The Labute approximate surface area is 121 Å². The van der Waals surface area contributed by atoms with Gasteiger partial charge in [-0.2, -0.15) is 4.98 Å². The number of benzene rings is 1. The molecule has 0 saturated heterocycles. The van der Waals surface area contributed by atoms with Crippen LogP contribution < -0.4 is 10.1 Å². The van der Waals surface area contributed by atoms with Crippen molar-refractivity contribution in [3.63, 3.8) is 0 Å². The van der Waals surface area contributed by atoms with Gasteiger partial charge in [-0.15, -0.1) is 0 Å². The van der Waals surface area contributed by atoms with Crippen LogP contribution in [0.3, 0.4) is 0 Å². The van der Waals surface area contributed by atoms with Gasteiger partial charge in [-0.3, -0.25) is 10.1 Å². The molecule has 0 unspecified atom stereocenters. The van der Waals surface area contributed by atoms with Crippen LogP contribution in [0.5, 0.6) is 5.75 Å². The molecule has 112 valence electrons. The van der Waals surface area contributed by atoms with Crippen LogP contribution in [-0.2, 0) is 6.42 Å². The Morgan fingerprint density at radius 2 is 2.29 bits per heavy atom. The molecule has 2 aromatic rings. The minimum absolute atomic E-state index is 0.121. The molecular weight excluding hydrogens is 276 g/mol. The van der Waals surface area contributed by atoms with Crippen LogP contribution in [0.25, 0.3) is 11.5 Å². The second-order valence-corrected chi connectivity index (χ2v) is 4.21. The zero-order chi connectivity index (χ0) is 15.2. The van der Waals surface area contributed by atoms with Gasteiger partial charge in [0.15, 0.2) is 5.82 Å². The average Bonchev–Trinajstić information content (AvgIpc) is 2.94. The Morgan fingerprint density at radius 1 is 1.48 bits per heavy atom. The van der Waals surface area contributed by atoms with Crippen LogP contribution in [0.4, 0.5) is 5.69 Å². The number of hydrogen-bond acceptors (Lipinski definition) is 7. The first-order chi connectivity index (χ1) is 10.2. The lowest BCUT2D eigenvalue weighted by Crippen LogP contribution is -2.11. The first-order valence-corrected chi connectivity index (χ1v) is 6.55. The molecule has 1 aromatic carbocycles. The predicted octanol–water partition coefficient (Wildman–Crippen LogP) is 1.81. The number of nitrogens with one attached hydrogen (secondary N) is 1. The van der Waals surface area contributed by atoms with Gasteiger partial charge in [0.1, 0.15) is 0 Å². The summed E-state index contributed by atoms with van der Waals surface area (Å²) >= 11 is 0. The van der Waals surface area contributed by atoms with Crippen LogP contribution >= 0.6 is 0 Å². The molecule has 0 aliphatic carbocycles. The molecule has 0 saturated carbocycles. The molecule has 0 bridgehead atoms. The van der Waals surface area contributed by atoms with E-state index in [2.05, 4.69) is 15.5 Å². The molecule has 0 aliphatic heterocycles. The highest BCUT2D eigenvalue weighted by Crippen LogP contribution is 2.37. The smallest absolute Gasteiger partial charge is 0.311 e. The molecule has 8 nitrogen and oxygen atoms in total. The Bertz CT molecular complexity index is 626. The highest BCUT2D eigenvalue weighted by molar-refractivity contribution is 5.69. The number of hydrogen-bond donors (Lipinski definition) is 1. The van der Waals surface area contributed by atoms with E-state index in [4.69, 9.17) is 9.26 Å². The molecule has 0 aliphatic rings. The third kappa shape index (κ3) is 3.34.